The average molecular weight is 187 g/mol. The number of benzene rings is 1. The Morgan fingerprint density at radius 1 is 1.42 bits per heavy atom. The third-order valence-electron chi connectivity index (χ3n) is 1.36. The van der Waals surface area contributed by atoms with Crippen LogP contribution in [-0.2, 0) is 0 Å². The molecule has 0 aromatic heterocycles. The highest BCUT2D eigenvalue weighted by atomic mass is 35.5. The summed E-state index contributed by atoms with van der Waals surface area (Å²) in [6, 6.07) is 8.33. The Morgan fingerprint density at radius 2 is 2.00 bits per heavy atom. The molecule has 0 aliphatic carbocycles. The van der Waals surface area contributed by atoms with E-state index in [9.17, 15) is 10.1 Å². The maximum absolute atomic E-state index is 10.4. The van der Waals surface area contributed by atoms with Gasteiger partial charge in [-0.05, 0) is 12.1 Å². The molecule has 0 fully saturated rings. The maximum Gasteiger partial charge on any atom is 0.166 e. The van der Waals surface area contributed by atoms with Gasteiger partial charge in [-0.2, -0.15) is 0 Å². The molecule has 1 aromatic rings. The SMILES string of the molecule is O=[N+]([O-])N(CCl)c1ccccc1. The molecular weight excluding hydrogens is 180 g/mol. The Bertz CT molecular complexity index is 265. The summed E-state index contributed by atoms with van der Waals surface area (Å²) in [5, 5.41) is 10.7. The number of hydrogen-bond acceptors (Lipinski definition) is 2. The second-order valence-corrected chi connectivity index (χ2v) is 2.33. The standard InChI is InChI=1S/C7H7ClN2O2/c8-6-9(10(11)12)7-4-2-1-3-5-7/h1-5H,6H2. The molecule has 0 saturated heterocycles. The van der Waals surface area contributed by atoms with E-state index >= 15 is 0 Å². The Hall–Kier alpha value is -1.29. The van der Waals surface area contributed by atoms with Gasteiger partial charge in [0.25, 0.3) is 0 Å². The van der Waals surface area contributed by atoms with Crippen LogP contribution in [0.25, 0.3) is 0 Å². The highest BCUT2D eigenvalue weighted by molar-refractivity contribution is 6.18. The number of hydrazine groups is 1. The summed E-state index contributed by atoms with van der Waals surface area (Å²) in [5.74, 6) is 0. The molecule has 0 spiro atoms. The van der Waals surface area contributed by atoms with Crippen LogP contribution in [0, 0.1) is 10.1 Å². The molecule has 0 aliphatic heterocycles. The summed E-state index contributed by atoms with van der Waals surface area (Å²) >= 11 is 5.38. The summed E-state index contributed by atoms with van der Waals surface area (Å²) in [6.07, 6.45) is 0. The fourth-order valence-corrected chi connectivity index (χ4v) is 1.03. The second kappa shape index (κ2) is 3.92. The summed E-state index contributed by atoms with van der Waals surface area (Å²) < 4.78 is 0. The van der Waals surface area contributed by atoms with Crippen molar-refractivity contribution in [2.45, 2.75) is 0 Å². The van der Waals surface area contributed by atoms with E-state index in [1.165, 1.54) is 0 Å². The molecule has 5 heteroatoms. The first-order valence-electron chi connectivity index (χ1n) is 3.28. The number of nitrogens with zero attached hydrogens (tertiary/aromatic N) is 2. The molecule has 1 aromatic carbocycles. The predicted octanol–water partition coefficient (Wildman–Crippen LogP) is 1.88. The molecule has 0 radical (unpaired) electrons. The second-order valence-electron chi connectivity index (χ2n) is 2.09. The Balaban J connectivity index is 2.88. The van der Waals surface area contributed by atoms with E-state index in [1.54, 1.807) is 30.3 Å². The molecule has 0 bridgehead atoms. The van der Waals surface area contributed by atoms with Crippen molar-refractivity contribution in [2.75, 3.05) is 11.0 Å². The largest absolute Gasteiger partial charge is 0.234 e. The fraction of sp³-hybridized carbons (Fsp3) is 0.143. The van der Waals surface area contributed by atoms with Crippen molar-refractivity contribution < 1.29 is 5.03 Å². The summed E-state index contributed by atoms with van der Waals surface area (Å²) in [6.45, 7) is 0. The third-order valence-corrected chi connectivity index (χ3v) is 1.59. The van der Waals surface area contributed by atoms with E-state index in [2.05, 4.69) is 0 Å². The molecule has 4 nitrogen and oxygen atoms in total. The van der Waals surface area contributed by atoms with Gasteiger partial charge in [0.2, 0.25) is 0 Å². The Labute approximate surface area is 74.5 Å². The van der Waals surface area contributed by atoms with Crippen molar-refractivity contribution in [3.05, 3.63) is 40.4 Å². The van der Waals surface area contributed by atoms with E-state index in [4.69, 9.17) is 11.6 Å². The lowest BCUT2D eigenvalue weighted by Gasteiger charge is -2.09. The smallest absolute Gasteiger partial charge is 0.166 e. The van der Waals surface area contributed by atoms with Gasteiger partial charge < -0.3 is 0 Å². The van der Waals surface area contributed by atoms with E-state index in [1.807, 2.05) is 0 Å². The van der Waals surface area contributed by atoms with Crippen LogP contribution in [0.4, 0.5) is 5.69 Å². The van der Waals surface area contributed by atoms with E-state index in [0.29, 0.717) is 5.69 Å². The Kier molecular flexibility index (Phi) is 2.88. The lowest BCUT2D eigenvalue weighted by atomic mass is 10.3. The molecule has 0 heterocycles. The van der Waals surface area contributed by atoms with Crippen molar-refractivity contribution in [1.82, 2.24) is 0 Å². The van der Waals surface area contributed by atoms with Crippen LogP contribution in [0.2, 0.25) is 0 Å². The molecule has 1 rings (SSSR count). The molecule has 0 aliphatic rings. The van der Waals surface area contributed by atoms with Crippen LogP contribution in [0.15, 0.2) is 30.3 Å². The zero-order valence-electron chi connectivity index (χ0n) is 6.18. The lowest BCUT2D eigenvalue weighted by molar-refractivity contribution is -0.492. The first kappa shape index (κ1) is 8.80. The number of hydrogen-bond donors (Lipinski definition) is 0. The highest BCUT2D eigenvalue weighted by Gasteiger charge is 2.13. The normalized spacial score (nSPS) is 9.42. The molecule has 0 unspecified atom stereocenters. The molecule has 0 N–H and O–H groups in total. The number of nitro groups is 1. The minimum absolute atomic E-state index is 0.156. The van der Waals surface area contributed by atoms with Crippen molar-refractivity contribution in [1.29, 1.82) is 0 Å². The van der Waals surface area contributed by atoms with Crippen LogP contribution < -0.4 is 5.01 Å². The van der Waals surface area contributed by atoms with Crippen LogP contribution >= 0.6 is 11.6 Å². The van der Waals surface area contributed by atoms with Crippen molar-refractivity contribution in [3.63, 3.8) is 0 Å². The number of para-hydroxylation sites is 1. The first-order valence-corrected chi connectivity index (χ1v) is 3.82. The molecule has 0 amide bonds. The van der Waals surface area contributed by atoms with Gasteiger partial charge in [-0.1, -0.05) is 34.8 Å². The van der Waals surface area contributed by atoms with Crippen LogP contribution in [-0.4, -0.2) is 11.0 Å². The molecule has 64 valence electrons. The minimum Gasteiger partial charge on any atom is -0.234 e. The van der Waals surface area contributed by atoms with Gasteiger partial charge >= 0.3 is 0 Å². The van der Waals surface area contributed by atoms with Gasteiger partial charge in [0.05, 0.1) is 0 Å². The van der Waals surface area contributed by atoms with E-state index in [-0.39, 0.29) is 6.00 Å². The summed E-state index contributed by atoms with van der Waals surface area (Å²) in [5.41, 5.74) is 0.484. The minimum atomic E-state index is -0.539. The molecule has 0 atom stereocenters. The van der Waals surface area contributed by atoms with Gasteiger partial charge in [-0.15, -0.1) is 0 Å². The maximum atomic E-state index is 10.4. The molecular formula is C7H7ClN2O2. The van der Waals surface area contributed by atoms with Gasteiger partial charge in [0.15, 0.2) is 11.0 Å². The zero-order valence-corrected chi connectivity index (χ0v) is 6.94. The van der Waals surface area contributed by atoms with Gasteiger partial charge in [-0.3, -0.25) is 0 Å². The monoisotopic (exact) mass is 186 g/mol. The van der Waals surface area contributed by atoms with Crippen molar-refractivity contribution in [2.24, 2.45) is 0 Å². The van der Waals surface area contributed by atoms with E-state index < -0.39 is 5.03 Å². The third kappa shape index (κ3) is 1.85. The molecule has 12 heavy (non-hydrogen) atoms. The van der Waals surface area contributed by atoms with E-state index in [0.717, 1.165) is 5.01 Å². The summed E-state index contributed by atoms with van der Waals surface area (Å²) in [4.78, 5) is 10.4. The van der Waals surface area contributed by atoms with Gasteiger partial charge in [0.1, 0.15) is 5.69 Å². The number of anilines is 1. The van der Waals surface area contributed by atoms with Crippen LogP contribution in [0.3, 0.4) is 0 Å². The lowest BCUT2D eigenvalue weighted by Crippen LogP contribution is -2.27. The fourth-order valence-electron chi connectivity index (χ4n) is 0.807. The van der Waals surface area contributed by atoms with Crippen molar-refractivity contribution >= 4 is 17.3 Å². The topological polar surface area (TPSA) is 46.4 Å². The number of halogens is 1. The van der Waals surface area contributed by atoms with Gasteiger partial charge in [0, 0.05) is 0 Å². The summed E-state index contributed by atoms with van der Waals surface area (Å²) in [7, 11) is 0. The van der Waals surface area contributed by atoms with Gasteiger partial charge in [-0.25, -0.2) is 10.1 Å². The highest BCUT2D eigenvalue weighted by Crippen LogP contribution is 2.12. The van der Waals surface area contributed by atoms with Crippen molar-refractivity contribution in [3.8, 4) is 0 Å². The Morgan fingerprint density at radius 3 is 2.42 bits per heavy atom. The predicted molar refractivity (Wildman–Crippen MR) is 46.6 cm³/mol. The quantitative estimate of drug-likeness (QED) is 0.313. The van der Waals surface area contributed by atoms with Crippen LogP contribution in [0.1, 0.15) is 0 Å². The zero-order chi connectivity index (χ0) is 8.97. The van der Waals surface area contributed by atoms with Crippen LogP contribution in [0.5, 0.6) is 0 Å². The average Bonchev–Trinajstić information content (AvgIpc) is 2.07. The number of alkyl halides is 1. The number of rotatable bonds is 3. The molecule has 0 saturated carbocycles. The first-order chi connectivity index (χ1) is 5.75.